The van der Waals surface area contributed by atoms with Gasteiger partial charge in [-0.1, -0.05) is 6.42 Å². The lowest BCUT2D eigenvalue weighted by Crippen LogP contribution is -2.72. The first-order chi connectivity index (χ1) is 12.8. The van der Waals surface area contributed by atoms with Gasteiger partial charge in [0.25, 0.3) is 0 Å². The topological polar surface area (TPSA) is 55.3 Å². The molecule has 0 aromatic carbocycles. The molecule has 0 amide bonds. The second-order valence-corrected chi connectivity index (χ2v) is 8.42. The fourth-order valence-corrected chi connectivity index (χ4v) is 5.54. The molecule has 6 nitrogen and oxygen atoms in total. The second-order valence-electron chi connectivity index (χ2n) is 8.42. The van der Waals surface area contributed by atoms with E-state index in [9.17, 15) is 0 Å². The number of ether oxygens (including phenoxy) is 3. The molecule has 27 heavy (non-hydrogen) atoms. The van der Waals surface area contributed by atoms with Crippen LogP contribution in [0.3, 0.4) is 0 Å². The number of nitrogens with zero attached hydrogens (tertiary/aromatic N) is 2. The van der Waals surface area contributed by atoms with Crippen molar-refractivity contribution >= 4 is 29.9 Å². The van der Waals surface area contributed by atoms with Gasteiger partial charge in [-0.15, -0.1) is 24.0 Å². The summed E-state index contributed by atoms with van der Waals surface area (Å²) in [5.74, 6) is 2.40. The molecule has 2 saturated carbocycles. The molecule has 4 atom stereocenters. The van der Waals surface area contributed by atoms with E-state index < -0.39 is 0 Å². The molecule has 4 rings (SSSR count). The minimum atomic E-state index is 0. The van der Waals surface area contributed by atoms with Crippen LogP contribution in [0.25, 0.3) is 0 Å². The van der Waals surface area contributed by atoms with Crippen LogP contribution in [-0.4, -0.2) is 76.2 Å². The van der Waals surface area contributed by atoms with Crippen molar-refractivity contribution in [1.82, 2.24) is 10.2 Å². The number of hydrogen-bond acceptors (Lipinski definition) is 4. The van der Waals surface area contributed by atoms with Crippen molar-refractivity contribution in [3.63, 3.8) is 0 Å². The molecular formula is C20H36IN3O3. The van der Waals surface area contributed by atoms with E-state index in [2.05, 4.69) is 17.1 Å². The Kier molecular flexibility index (Phi) is 7.66. The van der Waals surface area contributed by atoms with Gasteiger partial charge in [0.2, 0.25) is 0 Å². The molecule has 1 spiro atoms. The van der Waals surface area contributed by atoms with E-state index in [-0.39, 0.29) is 24.0 Å². The van der Waals surface area contributed by atoms with Crippen molar-refractivity contribution in [3.8, 4) is 0 Å². The molecule has 0 bridgehead atoms. The van der Waals surface area contributed by atoms with Gasteiger partial charge in [-0.05, 0) is 32.6 Å². The minimum Gasteiger partial charge on any atom is -0.382 e. The Morgan fingerprint density at radius 2 is 2.15 bits per heavy atom. The fourth-order valence-electron chi connectivity index (χ4n) is 5.54. The van der Waals surface area contributed by atoms with Gasteiger partial charge in [0, 0.05) is 56.6 Å². The molecule has 2 heterocycles. The van der Waals surface area contributed by atoms with Crippen LogP contribution in [0.1, 0.15) is 39.0 Å². The Hall–Kier alpha value is -0.120. The first-order valence-electron chi connectivity index (χ1n) is 10.5. The van der Waals surface area contributed by atoms with Gasteiger partial charge in [-0.2, -0.15) is 0 Å². The third-order valence-corrected chi connectivity index (χ3v) is 7.00. The monoisotopic (exact) mass is 493 g/mol. The highest BCUT2D eigenvalue weighted by atomic mass is 127. The second kappa shape index (κ2) is 9.59. The maximum atomic E-state index is 6.07. The molecule has 0 aromatic heterocycles. The summed E-state index contributed by atoms with van der Waals surface area (Å²) >= 11 is 0. The lowest BCUT2D eigenvalue weighted by molar-refractivity contribution is -0.171. The summed E-state index contributed by atoms with van der Waals surface area (Å²) in [6.45, 7) is 8.22. The largest absolute Gasteiger partial charge is 0.382 e. The first-order valence-corrected chi connectivity index (χ1v) is 10.5. The highest BCUT2D eigenvalue weighted by molar-refractivity contribution is 14.0. The van der Waals surface area contributed by atoms with Gasteiger partial charge in [-0.3, -0.25) is 4.99 Å². The van der Waals surface area contributed by atoms with Crippen molar-refractivity contribution in [2.75, 3.05) is 53.2 Å². The maximum absolute atomic E-state index is 6.07. The van der Waals surface area contributed by atoms with Crippen molar-refractivity contribution < 1.29 is 14.2 Å². The van der Waals surface area contributed by atoms with Crippen LogP contribution in [0.2, 0.25) is 0 Å². The van der Waals surface area contributed by atoms with Crippen LogP contribution in [-0.2, 0) is 14.2 Å². The summed E-state index contributed by atoms with van der Waals surface area (Å²) in [5, 5.41) is 3.89. The average molecular weight is 493 g/mol. The first kappa shape index (κ1) is 21.6. The van der Waals surface area contributed by atoms with Crippen LogP contribution in [0.15, 0.2) is 4.99 Å². The maximum Gasteiger partial charge on any atom is 0.194 e. The predicted octanol–water partition coefficient (Wildman–Crippen LogP) is 2.51. The van der Waals surface area contributed by atoms with Crippen LogP contribution < -0.4 is 5.32 Å². The third kappa shape index (κ3) is 4.12. The van der Waals surface area contributed by atoms with Crippen molar-refractivity contribution in [2.45, 2.75) is 51.2 Å². The van der Waals surface area contributed by atoms with E-state index in [0.717, 1.165) is 38.8 Å². The predicted molar refractivity (Wildman–Crippen MR) is 117 cm³/mol. The van der Waals surface area contributed by atoms with E-state index in [0.29, 0.717) is 42.6 Å². The zero-order valence-electron chi connectivity index (χ0n) is 16.8. The summed E-state index contributed by atoms with van der Waals surface area (Å²) < 4.78 is 16.9. The summed E-state index contributed by atoms with van der Waals surface area (Å²) in [5.41, 5.74) is 0.401. The minimum absolute atomic E-state index is 0. The fraction of sp³-hybridized carbons (Fsp3) is 0.950. The summed E-state index contributed by atoms with van der Waals surface area (Å²) in [6, 6.07) is 0.561. The van der Waals surface area contributed by atoms with Crippen molar-refractivity contribution in [2.24, 2.45) is 22.2 Å². The molecule has 2 aliphatic heterocycles. The lowest BCUT2D eigenvalue weighted by Gasteiger charge is -2.63. The number of nitrogens with one attached hydrogen (secondary N) is 1. The molecule has 1 N–H and O–H groups in total. The summed E-state index contributed by atoms with van der Waals surface area (Å²) in [6.07, 6.45) is 6.90. The third-order valence-electron chi connectivity index (χ3n) is 7.00. The summed E-state index contributed by atoms with van der Waals surface area (Å²) in [7, 11) is 1.72. The normalized spacial score (nSPS) is 34.0. The van der Waals surface area contributed by atoms with Crippen LogP contribution >= 0.6 is 24.0 Å². The van der Waals surface area contributed by atoms with Gasteiger partial charge in [0.1, 0.15) is 0 Å². The Bertz CT molecular complexity index is 515. The van der Waals surface area contributed by atoms with Gasteiger partial charge < -0.3 is 24.4 Å². The van der Waals surface area contributed by atoms with Gasteiger partial charge >= 0.3 is 0 Å². The number of methoxy groups -OCH3 is 1. The molecule has 156 valence electrons. The molecule has 4 aliphatic rings. The molecule has 0 radical (unpaired) electrons. The average Bonchev–Trinajstić information content (AvgIpc) is 3.22. The SMILES string of the molecule is CCN=C(NC1C2CCOC2C12CCC2)N1CCC(COCCOC)C1.I. The smallest absolute Gasteiger partial charge is 0.194 e. The molecule has 2 aliphatic carbocycles. The number of likely N-dealkylation sites (tertiary alicyclic amines) is 1. The van der Waals surface area contributed by atoms with Crippen molar-refractivity contribution in [3.05, 3.63) is 0 Å². The number of halogens is 1. The Morgan fingerprint density at radius 3 is 2.85 bits per heavy atom. The van der Waals surface area contributed by atoms with Gasteiger partial charge in [-0.25, -0.2) is 0 Å². The highest BCUT2D eigenvalue weighted by Crippen LogP contribution is 2.62. The quantitative estimate of drug-likeness (QED) is 0.256. The number of guanidine groups is 1. The number of rotatable bonds is 7. The molecule has 4 unspecified atom stereocenters. The molecule has 4 fully saturated rings. The van der Waals surface area contributed by atoms with Gasteiger partial charge in [0.15, 0.2) is 5.96 Å². The van der Waals surface area contributed by atoms with E-state index >= 15 is 0 Å². The van der Waals surface area contributed by atoms with Crippen molar-refractivity contribution in [1.29, 1.82) is 0 Å². The number of aliphatic imine (C=N–C) groups is 1. The Morgan fingerprint density at radius 1 is 1.30 bits per heavy atom. The number of fused-ring (bicyclic) bond motifs is 2. The Balaban J connectivity index is 0.00000210. The molecule has 0 aromatic rings. The molecular weight excluding hydrogens is 457 g/mol. The van der Waals surface area contributed by atoms with E-state index in [1.165, 1.54) is 32.1 Å². The van der Waals surface area contributed by atoms with E-state index in [1.54, 1.807) is 7.11 Å². The zero-order chi connectivity index (χ0) is 18.0. The van der Waals surface area contributed by atoms with Crippen LogP contribution in [0.5, 0.6) is 0 Å². The molecule has 2 saturated heterocycles. The van der Waals surface area contributed by atoms with E-state index in [1.807, 2.05) is 0 Å². The standard InChI is InChI=1S/C20H35N3O3.HI/c1-3-21-19(23-9-5-15(13-23)14-25-12-11-24-2)22-17-16-6-10-26-18(16)20(17)7-4-8-20;/h15-18H,3-14H2,1-2H3,(H,21,22);1H. The van der Waals surface area contributed by atoms with Gasteiger partial charge in [0.05, 0.1) is 25.9 Å². The zero-order valence-corrected chi connectivity index (χ0v) is 19.2. The lowest BCUT2D eigenvalue weighted by atomic mass is 9.46. The number of hydrogen-bond donors (Lipinski definition) is 1. The Labute approximate surface area is 180 Å². The highest BCUT2D eigenvalue weighted by Gasteiger charge is 2.66. The summed E-state index contributed by atoms with van der Waals surface area (Å²) in [4.78, 5) is 7.29. The van der Waals surface area contributed by atoms with Crippen LogP contribution in [0, 0.1) is 17.3 Å². The molecule has 7 heteroatoms. The van der Waals surface area contributed by atoms with Crippen LogP contribution in [0.4, 0.5) is 0 Å². The van der Waals surface area contributed by atoms with E-state index in [4.69, 9.17) is 19.2 Å².